The van der Waals surface area contributed by atoms with E-state index in [9.17, 15) is 4.39 Å². The number of hydrogen-bond acceptors (Lipinski definition) is 2. The Morgan fingerprint density at radius 2 is 1.90 bits per heavy atom. The van der Waals surface area contributed by atoms with Gasteiger partial charge in [0.1, 0.15) is 5.75 Å². The Labute approximate surface area is 127 Å². The molecule has 0 aliphatic heterocycles. The minimum absolute atomic E-state index is 0.227. The van der Waals surface area contributed by atoms with Crippen LogP contribution in [0.2, 0.25) is 0 Å². The molecule has 0 amide bonds. The molecular formula is C16H17BrFNO. The fourth-order valence-electron chi connectivity index (χ4n) is 1.71. The smallest absolute Gasteiger partial charge is 0.166 e. The molecule has 0 aromatic heterocycles. The van der Waals surface area contributed by atoms with E-state index < -0.39 is 0 Å². The lowest BCUT2D eigenvalue weighted by atomic mass is 10.2. The van der Waals surface area contributed by atoms with Crippen molar-refractivity contribution in [2.24, 2.45) is 0 Å². The Morgan fingerprint density at radius 3 is 2.55 bits per heavy atom. The number of nitrogens with one attached hydrogen (secondary N) is 1. The number of para-hydroxylation sites is 1. The van der Waals surface area contributed by atoms with E-state index in [1.807, 2.05) is 24.3 Å². The molecule has 0 aliphatic rings. The highest BCUT2D eigenvalue weighted by molar-refractivity contribution is 9.10. The Balaban J connectivity index is 2.12. The van der Waals surface area contributed by atoms with E-state index in [1.54, 1.807) is 12.1 Å². The van der Waals surface area contributed by atoms with Gasteiger partial charge in [0.15, 0.2) is 11.6 Å². The summed E-state index contributed by atoms with van der Waals surface area (Å²) in [5, 5.41) is 3.25. The zero-order valence-corrected chi connectivity index (χ0v) is 13.1. The molecule has 0 aliphatic carbocycles. The zero-order valence-electron chi connectivity index (χ0n) is 11.5. The topological polar surface area (TPSA) is 21.3 Å². The number of benzene rings is 2. The summed E-state index contributed by atoms with van der Waals surface area (Å²) in [6, 6.07) is 12.8. The lowest BCUT2D eigenvalue weighted by Gasteiger charge is -2.11. The van der Waals surface area contributed by atoms with Gasteiger partial charge in [-0.3, -0.25) is 0 Å². The summed E-state index contributed by atoms with van der Waals surface area (Å²) in [4.78, 5) is 0. The fraction of sp³-hybridized carbons (Fsp3) is 0.250. The Kier molecular flexibility index (Phi) is 5.15. The molecule has 20 heavy (non-hydrogen) atoms. The average Bonchev–Trinajstić information content (AvgIpc) is 2.41. The van der Waals surface area contributed by atoms with Crippen molar-refractivity contribution >= 4 is 15.9 Å². The van der Waals surface area contributed by atoms with Crippen molar-refractivity contribution in [3.05, 3.63) is 58.3 Å². The van der Waals surface area contributed by atoms with Crippen LogP contribution in [0, 0.1) is 5.82 Å². The normalized spacial score (nSPS) is 10.8. The maximum atomic E-state index is 14.0. The number of halogens is 2. The largest absolute Gasteiger partial charge is 0.453 e. The third kappa shape index (κ3) is 4.05. The van der Waals surface area contributed by atoms with Gasteiger partial charge in [0, 0.05) is 12.6 Å². The first-order chi connectivity index (χ1) is 9.56. The molecule has 0 bridgehead atoms. The van der Waals surface area contributed by atoms with Gasteiger partial charge in [-0.2, -0.15) is 0 Å². The van der Waals surface area contributed by atoms with Gasteiger partial charge in [-0.25, -0.2) is 4.39 Å². The van der Waals surface area contributed by atoms with E-state index in [2.05, 4.69) is 35.1 Å². The summed E-state index contributed by atoms with van der Waals surface area (Å²) in [6.07, 6.45) is 0. The van der Waals surface area contributed by atoms with Crippen molar-refractivity contribution in [2.75, 3.05) is 0 Å². The molecule has 2 rings (SSSR count). The van der Waals surface area contributed by atoms with Crippen LogP contribution in [0.5, 0.6) is 11.5 Å². The highest BCUT2D eigenvalue weighted by Gasteiger charge is 2.08. The second-order valence-corrected chi connectivity index (χ2v) is 5.69. The van der Waals surface area contributed by atoms with Gasteiger partial charge < -0.3 is 10.1 Å². The van der Waals surface area contributed by atoms with Gasteiger partial charge in [-0.05, 0) is 45.8 Å². The van der Waals surface area contributed by atoms with Crippen molar-refractivity contribution < 1.29 is 9.13 Å². The van der Waals surface area contributed by atoms with Crippen LogP contribution in [0.1, 0.15) is 19.4 Å². The first-order valence-corrected chi connectivity index (χ1v) is 7.30. The molecule has 0 radical (unpaired) electrons. The first kappa shape index (κ1) is 15.0. The van der Waals surface area contributed by atoms with Crippen LogP contribution in [0.15, 0.2) is 46.9 Å². The molecule has 4 heteroatoms. The molecule has 2 aromatic rings. The van der Waals surface area contributed by atoms with E-state index in [1.165, 1.54) is 6.07 Å². The standard InChI is InChI=1S/C16H17BrFNO/c1-11(2)19-10-12-7-8-16(14(18)9-12)20-15-6-4-3-5-13(15)17/h3-9,11,19H,10H2,1-2H3. The van der Waals surface area contributed by atoms with Crippen LogP contribution < -0.4 is 10.1 Å². The number of rotatable bonds is 5. The summed E-state index contributed by atoms with van der Waals surface area (Å²) < 4.78 is 20.4. The molecule has 1 N–H and O–H groups in total. The van der Waals surface area contributed by atoms with Gasteiger partial charge in [0.2, 0.25) is 0 Å². The zero-order chi connectivity index (χ0) is 14.5. The van der Waals surface area contributed by atoms with Crippen molar-refractivity contribution in [1.82, 2.24) is 5.32 Å². The van der Waals surface area contributed by atoms with Crippen LogP contribution >= 0.6 is 15.9 Å². The summed E-state index contributed by atoms with van der Waals surface area (Å²) in [5.74, 6) is 0.466. The molecule has 0 saturated carbocycles. The SMILES string of the molecule is CC(C)NCc1ccc(Oc2ccccc2Br)c(F)c1. The van der Waals surface area contributed by atoms with Crippen molar-refractivity contribution in [2.45, 2.75) is 26.4 Å². The summed E-state index contributed by atoms with van der Waals surface area (Å²) in [5.41, 5.74) is 0.899. The molecular weight excluding hydrogens is 321 g/mol. The molecule has 2 aromatic carbocycles. The minimum atomic E-state index is -0.358. The van der Waals surface area contributed by atoms with E-state index in [0.717, 1.165) is 10.0 Å². The molecule has 106 valence electrons. The highest BCUT2D eigenvalue weighted by atomic mass is 79.9. The maximum Gasteiger partial charge on any atom is 0.166 e. The summed E-state index contributed by atoms with van der Waals surface area (Å²) >= 11 is 3.38. The van der Waals surface area contributed by atoms with E-state index in [4.69, 9.17) is 4.74 Å². The Bertz CT molecular complexity index is 586. The second-order valence-electron chi connectivity index (χ2n) is 4.83. The van der Waals surface area contributed by atoms with Gasteiger partial charge in [0.05, 0.1) is 4.47 Å². The molecule has 0 saturated heterocycles. The number of ether oxygens (including phenoxy) is 1. The summed E-state index contributed by atoms with van der Waals surface area (Å²) in [7, 11) is 0. The van der Waals surface area contributed by atoms with Crippen molar-refractivity contribution in [1.29, 1.82) is 0 Å². The Morgan fingerprint density at radius 1 is 1.15 bits per heavy atom. The van der Waals surface area contributed by atoms with Crippen LogP contribution in [-0.4, -0.2) is 6.04 Å². The van der Waals surface area contributed by atoms with Crippen molar-refractivity contribution in [3.63, 3.8) is 0 Å². The van der Waals surface area contributed by atoms with Crippen LogP contribution in [0.3, 0.4) is 0 Å². The van der Waals surface area contributed by atoms with Gasteiger partial charge in [-0.1, -0.05) is 32.0 Å². The average molecular weight is 338 g/mol. The molecule has 2 nitrogen and oxygen atoms in total. The third-order valence-electron chi connectivity index (χ3n) is 2.77. The van der Waals surface area contributed by atoms with Gasteiger partial charge >= 0.3 is 0 Å². The summed E-state index contributed by atoms with van der Waals surface area (Å²) in [6.45, 7) is 4.76. The van der Waals surface area contributed by atoms with Gasteiger partial charge in [0.25, 0.3) is 0 Å². The number of hydrogen-bond donors (Lipinski definition) is 1. The second kappa shape index (κ2) is 6.86. The minimum Gasteiger partial charge on any atom is -0.453 e. The predicted molar refractivity (Wildman–Crippen MR) is 82.6 cm³/mol. The maximum absolute atomic E-state index is 14.0. The van der Waals surface area contributed by atoms with E-state index in [0.29, 0.717) is 18.3 Å². The highest BCUT2D eigenvalue weighted by Crippen LogP contribution is 2.30. The van der Waals surface area contributed by atoms with Crippen LogP contribution in [0.4, 0.5) is 4.39 Å². The molecule has 0 unspecified atom stereocenters. The van der Waals surface area contributed by atoms with E-state index in [-0.39, 0.29) is 11.6 Å². The lowest BCUT2D eigenvalue weighted by Crippen LogP contribution is -2.21. The molecule has 0 heterocycles. The third-order valence-corrected chi connectivity index (χ3v) is 3.42. The van der Waals surface area contributed by atoms with Gasteiger partial charge in [-0.15, -0.1) is 0 Å². The van der Waals surface area contributed by atoms with E-state index >= 15 is 0 Å². The Hall–Kier alpha value is -1.39. The lowest BCUT2D eigenvalue weighted by molar-refractivity contribution is 0.439. The predicted octanol–water partition coefficient (Wildman–Crippen LogP) is 4.88. The molecule has 0 atom stereocenters. The molecule has 0 spiro atoms. The van der Waals surface area contributed by atoms with Crippen LogP contribution in [-0.2, 0) is 6.54 Å². The van der Waals surface area contributed by atoms with Crippen LogP contribution in [0.25, 0.3) is 0 Å². The first-order valence-electron chi connectivity index (χ1n) is 6.50. The van der Waals surface area contributed by atoms with Crippen molar-refractivity contribution in [3.8, 4) is 11.5 Å². The fourth-order valence-corrected chi connectivity index (χ4v) is 2.07. The monoisotopic (exact) mass is 337 g/mol. The quantitative estimate of drug-likeness (QED) is 0.839. The molecule has 0 fully saturated rings.